The molecule has 0 spiro atoms. The summed E-state index contributed by atoms with van der Waals surface area (Å²) in [6.45, 7) is 11.8. The Morgan fingerprint density at radius 2 is 1.71 bits per heavy atom. The van der Waals surface area contributed by atoms with Gasteiger partial charge in [0.2, 0.25) is 0 Å². The molecular weight excluding hydrogens is 444 g/mol. The monoisotopic (exact) mass is 478 g/mol. The molecule has 2 aromatic rings. The second-order valence-corrected chi connectivity index (χ2v) is 8.99. The number of carbonyl (C=O) groups is 3. The summed E-state index contributed by atoms with van der Waals surface area (Å²) in [6, 6.07) is 11.4. The summed E-state index contributed by atoms with van der Waals surface area (Å²) >= 11 is 0. The Kier molecular flexibility index (Phi) is 8.17. The summed E-state index contributed by atoms with van der Waals surface area (Å²) in [5.74, 6) is -0.477. The van der Waals surface area contributed by atoms with Crippen LogP contribution in [-0.2, 0) is 9.53 Å². The molecule has 0 aromatic heterocycles. The zero-order valence-electron chi connectivity index (χ0n) is 21.2. The van der Waals surface area contributed by atoms with Gasteiger partial charge in [0, 0.05) is 23.6 Å². The van der Waals surface area contributed by atoms with E-state index in [0.29, 0.717) is 34.8 Å². The van der Waals surface area contributed by atoms with Crippen LogP contribution >= 0.6 is 0 Å². The number of nitrogens with one attached hydrogen (secondary N) is 3. The Morgan fingerprint density at radius 3 is 2.34 bits per heavy atom. The fourth-order valence-electron chi connectivity index (χ4n) is 3.97. The molecule has 1 atom stereocenters. The van der Waals surface area contributed by atoms with Crippen molar-refractivity contribution in [1.29, 1.82) is 0 Å². The first kappa shape index (κ1) is 25.8. The SMILES string of the molecule is CCCN1C(=O)NC(c2cccc(NC(=O)Nc3ccc(C)c(C)c3)c2)C(C(=O)OC(C)C)=C1C. The highest BCUT2D eigenvalue weighted by Crippen LogP contribution is 2.32. The Labute approximate surface area is 206 Å². The van der Waals surface area contributed by atoms with Crippen molar-refractivity contribution in [1.82, 2.24) is 10.2 Å². The maximum absolute atomic E-state index is 13.0. The van der Waals surface area contributed by atoms with Crippen LogP contribution in [0, 0.1) is 13.8 Å². The van der Waals surface area contributed by atoms with Gasteiger partial charge in [0.05, 0.1) is 17.7 Å². The van der Waals surface area contributed by atoms with Crippen molar-refractivity contribution < 1.29 is 19.1 Å². The molecule has 8 heteroatoms. The number of nitrogens with zero attached hydrogens (tertiary/aromatic N) is 1. The van der Waals surface area contributed by atoms with E-state index in [9.17, 15) is 14.4 Å². The van der Waals surface area contributed by atoms with Gasteiger partial charge in [0.25, 0.3) is 0 Å². The number of hydrogen-bond donors (Lipinski definition) is 3. The van der Waals surface area contributed by atoms with Crippen molar-refractivity contribution >= 4 is 29.4 Å². The normalized spacial score (nSPS) is 15.7. The van der Waals surface area contributed by atoms with Crippen LogP contribution in [0.3, 0.4) is 0 Å². The number of aryl methyl sites for hydroxylation is 2. The van der Waals surface area contributed by atoms with E-state index in [1.165, 1.54) is 0 Å². The molecule has 1 aliphatic heterocycles. The minimum atomic E-state index is -0.702. The second-order valence-electron chi connectivity index (χ2n) is 8.99. The van der Waals surface area contributed by atoms with Crippen LogP contribution in [0.15, 0.2) is 53.7 Å². The summed E-state index contributed by atoms with van der Waals surface area (Å²) in [5, 5.41) is 8.59. The van der Waals surface area contributed by atoms with E-state index in [-0.39, 0.29) is 12.1 Å². The van der Waals surface area contributed by atoms with Crippen LogP contribution in [0.1, 0.15) is 56.8 Å². The molecule has 3 rings (SSSR count). The number of hydrogen-bond acceptors (Lipinski definition) is 4. The number of anilines is 2. The third kappa shape index (κ3) is 6.20. The maximum atomic E-state index is 13.0. The minimum Gasteiger partial charge on any atom is -0.459 e. The number of ether oxygens (including phenoxy) is 1. The predicted molar refractivity (Wildman–Crippen MR) is 137 cm³/mol. The molecule has 0 aliphatic carbocycles. The minimum absolute atomic E-state index is 0.277. The van der Waals surface area contributed by atoms with Crippen molar-refractivity contribution in [2.75, 3.05) is 17.2 Å². The van der Waals surface area contributed by atoms with Gasteiger partial charge in [-0.1, -0.05) is 25.1 Å². The Bertz CT molecular complexity index is 1160. The fourth-order valence-corrected chi connectivity index (χ4v) is 3.97. The van der Waals surface area contributed by atoms with Crippen LogP contribution in [0.2, 0.25) is 0 Å². The molecule has 2 aromatic carbocycles. The van der Waals surface area contributed by atoms with Gasteiger partial charge < -0.3 is 20.7 Å². The molecule has 35 heavy (non-hydrogen) atoms. The quantitative estimate of drug-likeness (QED) is 0.448. The van der Waals surface area contributed by atoms with E-state index in [4.69, 9.17) is 4.74 Å². The molecule has 1 heterocycles. The summed E-state index contributed by atoms with van der Waals surface area (Å²) < 4.78 is 5.50. The summed E-state index contributed by atoms with van der Waals surface area (Å²) in [6.07, 6.45) is 0.444. The lowest BCUT2D eigenvalue weighted by Crippen LogP contribution is -2.48. The van der Waals surface area contributed by atoms with Gasteiger partial charge in [-0.3, -0.25) is 4.90 Å². The summed E-state index contributed by atoms with van der Waals surface area (Å²) in [5.41, 5.74) is 5.05. The number of carbonyl (C=O) groups excluding carboxylic acids is 3. The van der Waals surface area contributed by atoms with Crippen LogP contribution in [0.4, 0.5) is 21.0 Å². The Morgan fingerprint density at radius 1 is 1.03 bits per heavy atom. The molecule has 3 N–H and O–H groups in total. The molecule has 1 unspecified atom stereocenters. The van der Waals surface area contributed by atoms with Gasteiger partial charge in [-0.2, -0.15) is 0 Å². The number of amides is 4. The number of rotatable bonds is 7. The Hall–Kier alpha value is -3.81. The fraction of sp³-hybridized carbons (Fsp3) is 0.370. The van der Waals surface area contributed by atoms with Crippen molar-refractivity contribution in [2.24, 2.45) is 0 Å². The van der Waals surface area contributed by atoms with Crippen LogP contribution in [0.25, 0.3) is 0 Å². The summed E-state index contributed by atoms with van der Waals surface area (Å²) in [4.78, 5) is 40.0. The molecule has 0 saturated carbocycles. The third-order valence-electron chi connectivity index (χ3n) is 5.85. The average Bonchev–Trinajstić information content (AvgIpc) is 2.78. The number of esters is 1. The molecule has 4 amide bonds. The van der Waals surface area contributed by atoms with E-state index in [1.54, 1.807) is 43.9 Å². The zero-order valence-corrected chi connectivity index (χ0v) is 21.2. The van der Waals surface area contributed by atoms with E-state index < -0.39 is 18.0 Å². The van der Waals surface area contributed by atoms with Crippen molar-refractivity contribution in [2.45, 2.75) is 60.1 Å². The van der Waals surface area contributed by atoms with Crippen molar-refractivity contribution in [3.05, 3.63) is 70.4 Å². The van der Waals surface area contributed by atoms with E-state index in [0.717, 1.165) is 17.5 Å². The van der Waals surface area contributed by atoms with Gasteiger partial charge in [-0.25, -0.2) is 14.4 Å². The third-order valence-corrected chi connectivity index (χ3v) is 5.85. The largest absolute Gasteiger partial charge is 0.459 e. The van der Waals surface area contributed by atoms with Crippen molar-refractivity contribution in [3.63, 3.8) is 0 Å². The zero-order chi connectivity index (χ0) is 25.7. The molecular formula is C27H34N4O4. The molecule has 0 bridgehead atoms. The lowest BCUT2D eigenvalue weighted by molar-refractivity contribution is -0.143. The maximum Gasteiger partial charge on any atom is 0.338 e. The van der Waals surface area contributed by atoms with Gasteiger partial charge in [0.15, 0.2) is 0 Å². The average molecular weight is 479 g/mol. The van der Waals surface area contributed by atoms with Crippen LogP contribution in [0.5, 0.6) is 0 Å². The second kappa shape index (κ2) is 11.1. The number of allylic oxidation sites excluding steroid dienone is 1. The van der Waals surface area contributed by atoms with E-state index in [1.807, 2.05) is 45.0 Å². The van der Waals surface area contributed by atoms with E-state index >= 15 is 0 Å². The van der Waals surface area contributed by atoms with Gasteiger partial charge in [-0.05, 0) is 82.0 Å². The Balaban J connectivity index is 1.87. The first-order chi connectivity index (χ1) is 16.6. The van der Waals surface area contributed by atoms with Gasteiger partial charge >= 0.3 is 18.0 Å². The molecule has 1 aliphatic rings. The molecule has 186 valence electrons. The first-order valence-electron chi connectivity index (χ1n) is 11.9. The lowest BCUT2D eigenvalue weighted by Gasteiger charge is -2.35. The first-order valence-corrected chi connectivity index (χ1v) is 11.9. The van der Waals surface area contributed by atoms with E-state index in [2.05, 4.69) is 16.0 Å². The molecule has 0 fully saturated rings. The summed E-state index contributed by atoms with van der Waals surface area (Å²) in [7, 11) is 0. The van der Waals surface area contributed by atoms with Crippen LogP contribution in [-0.4, -0.2) is 35.6 Å². The topological polar surface area (TPSA) is 99.8 Å². The van der Waals surface area contributed by atoms with Gasteiger partial charge in [0.1, 0.15) is 0 Å². The highest BCUT2D eigenvalue weighted by molar-refractivity contribution is 6.00. The molecule has 0 saturated heterocycles. The lowest BCUT2D eigenvalue weighted by atomic mass is 9.94. The highest BCUT2D eigenvalue weighted by Gasteiger charge is 2.36. The van der Waals surface area contributed by atoms with Crippen molar-refractivity contribution in [3.8, 4) is 0 Å². The highest BCUT2D eigenvalue weighted by atomic mass is 16.5. The standard InChI is InChI=1S/C27H34N4O4/c1-7-13-31-19(6)23(25(32)35-16(2)3)24(30-27(31)34)20-9-8-10-21(15-20)28-26(33)29-22-12-11-17(4)18(5)14-22/h8-12,14-16,24H,7,13H2,1-6H3,(H,30,34)(H2,28,29,33). The number of urea groups is 2. The predicted octanol–water partition coefficient (Wildman–Crippen LogP) is 5.65. The van der Waals surface area contributed by atoms with Crippen LogP contribution < -0.4 is 16.0 Å². The molecule has 8 nitrogen and oxygen atoms in total. The van der Waals surface area contributed by atoms with Gasteiger partial charge in [-0.15, -0.1) is 0 Å². The number of benzene rings is 2. The molecule has 0 radical (unpaired) electrons. The smallest absolute Gasteiger partial charge is 0.338 e.